The Kier molecular flexibility index (Phi) is 2.83. The van der Waals surface area contributed by atoms with Crippen molar-refractivity contribution in [2.24, 2.45) is 0 Å². The molecule has 0 saturated heterocycles. The first-order chi connectivity index (χ1) is 9.88. The van der Waals surface area contributed by atoms with Crippen LogP contribution in [0.25, 0.3) is 11.1 Å². The van der Waals surface area contributed by atoms with E-state index in [-0.39, 0.29) is 17.1 Å². The van der Waals surface area contributed by atoms with E-state index in [2.05, 4.69) is 4.74 Å². The number of ketones is 1. The number of halogens is 3. The summed E-state index contributed by atoms with van der Waals surface area (Å²) in [5, 5.41) is 0. The zero-order chi connectivity index (χ0) is 15.2. The third kappa shape index (κ3) is 2.18. The first-order valence-corrected chi connectivity index (χ1v) is 5.95. The van der Waals surface area contributed by atoms with Crippen molar-refractivity contribution in [3.63, 3.8) is 0 Å². The molecule has 0 unspecified atom stereocenters. The van der Waals surface area contributed by atoms with Crippen LogP contribution in [0.15, 0.2) is 42.5 Å². The summed E-state index contributed by atoms with van der Waals surface area (Å²) < 4.78 is 40.7. The minimum absolute atomic E-state index is 0.226. The van der Waals surface area contributed by atoms with Crippen molar-refractivity contribution in [1.82, 2.24) is 0 Å². The second-order valence-electron chi connectivity index (χ2n) is 4.47. The number of ether oxygens (including phenoxy) is 1. The number of hydrogen-bond acceptors (Lipinski definition) is 3. The van der Waals surface area contributed by atoms with E-state index in [9.17, 15) is 22.8 Å². The minimum atomic E-state index is -5.08. The molecule has 0 aromatic heterocycles. The predicted octanol–water partition coefficient (Wildman–Crippen LogP) is 3.37. The molecule has 2 aromatic carbocycles. The van der Waals surface area contributed by atoms with Crippen LogP contribution in [-0.4, -0.2) is 17.9 Å². The number of rotatable bonds is 1. The lowest BCUT2D eigenvalue weighted by Gasteiger charge is -2.08. The first-order valence-electron chi connectivity index (χ1n) is 5.95. The van der Waals surface area contributed by atoms with Gasteiger partial charge in [0.2, 0.25) is 0 Å². The van der Waals surface area contributed by atoms with Gasteiger partial charge in [-0.3, -0.25) is 4.79 Å². The molecule has 0 spiro atoms. The number of fused-ring (bicyclic) bond motifs is 3. The maximum atomic E-state index is 12.2. The molecule has 1 aliphatic carbocycles. The highest BCUT2D eigenvalue weighted by Gasteiger charge is 2.41. The molecular weight excluding hydrogens is 285 g/mol. The second kappa shape index (κ2) is 4.44. The molecule has 1 aliphatic rings. The molecule has 0 saturated carbocycles. The van der Waals surface area contributed by atoms with E-state index in [1.54, 1.807) is 24.3 Å². The smallest absolute Gasteiger partial charge is 0.420 e. The van der Waals surface area contributed by atoms with Crippen LogP contribution in [0.1, 0.15) is 15.9 Å². The van der Waals surface area contributed by atoms with E-state index in [0.717, 1.165) is 6.07 Å². The normalized spacial score (nSPS) is 12.8. The Labute approximate surface area is 117 Å². The van der Waals surface area contributed by atoms with Crippen LogP contribution in [-0.2, 0) is 4.79 Å². The van der Waals surface area contributed by atoms with E-state index in [1.807, 2.05) is 0 Å². The van der Waals surface area contributed by atoms with Gasteiger partial charge in [0.1, 0.15) is 5.75 Å². The van der Waals surface area contributed by atoms with Crippen molar-refractivity contribution >= 4 is 11.8 Å². The molecule has 0 atom stereocenters. The fourth-order valence-corrected chi connectivity index (χ4v) is 2.24. The van der Waals surface area contributed by atoms with Crippen LogP contribution in [0.4, 0.5) is 13.2 Å². The maximum absolute atomic E-state index is 12.2. The average molecular weight is 292 g/mol. The summed E-state index contributed by atoms with van der Waals surface area (Å²) in [6, 6.07) is 10.7. The Morgan fingerprint density at radius 1 is 0.905 bits per heavy atom. The lowest BCUT2D eigenvalue weighted by atomic mass is 10.1. The Balaban J connectivity index is 1.98. The molecule has 106 valence electrons. The number of carbonyl (C=O) groups is 2. The molecule has 3 rings (SSSR count). The maximum Gasteiger partial charge on any atom is 0.491 e. The van der Waals surface area contributed by atoms with Crippen LogP contribution >= 0.6 is 0 Å². The molecule has 6 heteroatoms. The van der Waals surface area contributed by atoms with E-state index in [0.29, 0.717) is 16.7 Å². The predicted molar refractivity (Wildman–Crippen MR) is 67.0 cm³/mol. The molecular formula is C15H7F3O3. The highest BCUT2D eigenvalue weighted by Crippen LogP contribution is 2.38. The van der Waals surface area contributed by atoms with Gasteiger partial charge in [-0.05, 0) is 29.3 Å². The van der Waals surface area contributed by atoms with Gasteiger partial charge in [-0.2, -0.15) is 13.2 Å². The molecule has 0 N–H and O–H groups in total. The SMILES string of the molecule is O=C1c2ccccc2-c2ccc(OC(=O)C(F)(F)F)cc21. The molecule has 21 heavy (non-hydrogen) atoms. The van der Waals surface area contributed by atoms with Crippen molar-refractivity contribution in [2.45, 2.75) is 6.18 Å². The van der Waals surface area contributed by atoms with Crippen molar-refractivity contribution < 1.29 is 27.5 Å². The molecule has 0 amide bonds. The lowest BCUT2D eigenvalue weighted by molar-refractivity contribution is -0.189. The highest BCUT2D eigenvalue weighted by molar-refractivity contribution is 6.21. The molecule has 3 nitrogen and oxygen atoms in total. The van der Waals surface area contributed by atoms with E-state index >= 15 is 0 Å². The van der Waals surface area contributed by atoms with Crippen LogP contribution < -0.4 is 4.74 Å². The van der Waals surface area contributed by atoms with Crippen molar-refractivity contribution in [3.8, 4) is 16.9 Å². The summed E-state index contributed by atoms with van der Waals surface area (Å²) in [4.78, 5) is 23.0. The summed E-state index contributed by atoms with van der Waals surface area (Å²) in [6.07, 6.45) is -5.08. The zero-order valence-electron chi connectivity index (χ0n) is 10.4. The third-order valence-corrected chi connectivity index (χ3v) is 3.14. The van der Waals surface area contributed by atoms with Crippen molar-refractivity contribution in [2.75, 3.05) is 0 Å². The topological polar surface area (TPSA) is 43.4 Å². The molecule has 0 heterocycles. The van der Waals surface area contributed by atoms with Crippen LogP contribution in [0.2, 0.25) is 0 Å². The van der Waals surface area contributed by atoms with Crippen LogP contribution in [0.3, 0.4) is 0 Å². The fraction of sp³-hybridized carbons (Fsp3) is 0.0667. The largest absolute Gasteiger partial charge is 0.491 e. The fourth-order valence-electron chi connectivity index (χ4n) is 2.24. The Morgan fingerprint density at radius 3 is 2.19 bits per heavy atom. The molecule has 0 bridgehead atoms. The van der Waals surface area contributed by atoms with Gasteiger partial charge in [-0.15, -0.1) is 0 Å². The standard InChI is InChI=1S/C15H7F3O3/c16-15(17,18)14(20)21-8-5-6-10-9-3-1-2-4-11(9)13(19)12(10)7-8/h1-7H. The number of alkyl halides is 3. The summed E-state index contributed by atoms with van der Waals surface area (Å²) in [5.74, 6) is -2.92. The molecule has 0 fully saturated rings. The monoisotopic (exact) mass is 292 g/mol. The van der Waals surface area contributed by atoms with Gasteiger partial charge in [0.15, 0.2) is 5.78 Å². The van der Waals surface area contributed by atoms with Gasteiger partial charge in [-0.25, -0.2) is 4.79 Å². The number of hydrogen-bond donors (Lipinski definition) is 0. The average Bonchev–Trinajstić information content (AvgIpc) is 2.72. The summed E-state index contributed by atoms with van der Waals surface area (Å²) in [5.41, 5.74) is 2.03. The van der Waals surface area contributed by atoms with E-state index in [4.69, 9.17) is 0 Å². The third-order valence-electron chi connectivity index (χ3n) is 3.14. The summed E-state index contributed by atoms with van der Waals surface area (Å²) >= 11 is 0. The number of carbonyl (C=O) groups excluding carboxylic acids is 2. The van der Waals surface area contributed by atoms with Gasteiger partial charge >= 0.3 is 12.1 Å². The second-order valence-corrected chi connectivity index (χ2v) is 4.47. The van der Waals surface area contributed by atoms with Gasteiger partial charge in [-0.1, -0.05) is 24.3 Å². The van der Waals surface area contributed by atoms with Crippen LogP contribution in [0, 0.1) is 0 Å². The quantitative estimate of drug-likeness (QED) is 0.510. The van der Waals surface area contributed by atoms with Crippen molar-refractivity contribution in [3.05, 3.63) is 53.6 Å². The van der Waals surface area contributed by atoms with Crippen molar-refractivity contribution in [1.29, 1.82) is 0 Å². The zero-order valence-corrected chi connectivity index (χ0v) is 10.4. The van der Waals surface area contributed by atoms with Gasteiger partial charge in [0.05, 0.1) is 0 Å². The Morgan fingerprint density at radius 2 is 1.52 bits per heavy atom. The number of esters is 1. The van der Waals surface area contributed by atoms with Gasteiger partial charge in [0, 0.05) is 11.1 Å². The Bertz CT molecular complexity index is 763. The Hall–Kier alpha value is -2.63. The molecule has 2 aromatic rings. The lowest BCUT2D eigenvalue weighted by Crippen LogP contribution is -2.28. The molecule has 0 aliphatic heterocycles. The highest BCUT2D eigenvalue weighted by atomic mass is 19.4. The van der Waals surface area contributed by atoms with Gasteiger partial charge < -0.3 is 4.74 Å². The van der Waals surface area contributed by atoms with E-state index < -0.39 is 12.1 Å². The first kappa shape index (κ1) is 13.4. The molecule has 0 radical (unpaired) electrons. The number of benzene rings is 2. The summed E-state index contributed by atoms with van der Waals surface area (Å²) in [6.45, 7) is 0. The van der Waals surface area contributed by atoms with Gasteiger partial charge in [0.25, 0.3) is 0 Å². The summed E-state index contributed by atoms with van der Waals surface area (Å²) in [7, 11) is 0. The minimum Gasteiger partial charge on any atom is -0.420 e. The van der Waals surface area contributed by atoms with E-state index in [1.165, 1.54) is 12.1 Å². The van der Waals surface area contributed by atoms with Crippen LogP contribution in [0.5, 0.6) is 5.75 Å².